The lowest BCUT2D eigenvalue weighted by Gasteiger charge is -2.37. The summed E-state index contributed by atoms with van der Waals surface area (Å²) in [5.74, 6) is -0.335. The van der Waals surface area contributed by atoms with Gasteiger partial charge in [-0.05, 0) is 18.1 Å². The van der Waals surface area contributed by atoms with Crippen molar-refractivity contribution < 1.29 is 28.2 Å². The number of carbonyl (C=O) groups is 1. The molecule has 6 nitrogen and oxygen atoms in total. The van der Waals surface area contributed by atoms with Crippen LogP contribution in [0.15, 0.2) is 0 Å². The lowest BCUT2D eigenvalue weighted by molar-refractivity contribution is -0.147. The molecule has 0 bridgehead atoms. The van der Waals surface area contributed by atoms with Crippen molar-refractivity contribution in [2.45, 2.75) is 70.2 Å². The highest BCUT2D eigenvalue weighted by Gasteiger charge is 2.47. The van der Waals surface area contributed by atoms with Gasteiger partial charge in [0, 0.05) is 21.1 Å². The summed E-state index contributed by atoms with van der Waals surface area (Å²) in [6.45, 7) is 13.0. The second-order valence-corrected chi connectivity index (χ2v) is 12.3. The third-order valence-electron chi connectivity index (χ3n) is 4.82. The molecule has 1 saturated heterocycles. The standard InChI is InChI=1S/C16H32O6Si/c1-11(17)20-9-12-14(18-5)15(19-6)13(22-12)10-21-23(7,8)16(2,3)4/h12-15H,9-10H2,1-8H3/t12-,13+,14-,15+/m0/s1. The van der Waals surface area contributed by atoms with Crippen LogP contribution in [0.25, 0.3) is 0 Å². The highest BCUT2D eigenvalue weighted by Crippen LogP contribution is 2.37. The van der Waals surface area contributed by atoms with E-state index in [2.05, 4.69) is 33.9 Å². The van der Waals surface area contributed by atoms with Crippen molar-refractivity contribution in [3.8, 4) is 0 Å². The molecule has 0 aliphatic carbocycles. The van der Waals surface area contributed by atoms with Crippen LogP contribution in [0.4, 0.5) is 0 Å². The smallest absolute Gasteiger partial charge is 0.302 e. The molecular formula is C16H32O6Si. The van der Waals surface area contributed by atoms with Gasteiger partial charge in [0.25, 0.3) is 0 Å². The quantitative estimate of drug-likeness (QED) is 0.520. The fourth-order valence-electron chi connectivity index (χ4n) is 2.35. The molecular weight excluding hydrogens is 316 g/mol. The van der Waals surface area contributed by atoms with E-state index in [1.807, 2.05) is 0 Å². The van der Waals surface area contributed by atoms with Crippen molar-refractivity contribution >= 4 is 14.3 Å². The Bertz CT molecular complexity index is 393. The van der Waals surface area contributed by atoms with Crippen molar-refractivity contribution in [3.05, 3.63) is 0 Å². The Morgan fingerprint density at radius 1 is 1.04 bits per heavy atom. The third kappa shape index (κ3) is 5.25. The van der Waals surface area contributed by atoms with Crippen LogP contribution in [-0.2, 0) is 28.2 Å². The van der Waals surface area contributed by atoms with E-state index >= 15 is 0 Å². The van der Waals surface area contributed by atoms with Gasteiger partial charge in [-0.2, -0.15) is 0 Å². The minimum Gasteiger partial charge on any atom is -0.463 e. The normalized spacial score (nSPS) is 28.9. The maximum atomic E-state index is 11.0. The molecule has 0 unspecified atom stereocenters. The molecule has 7 heteroatoms. The van der Waals surface area contributed by atoms with Gasteiger partial charge in [0.15, 0.2) is 8.32 Å². The number of methoxy groups -OCH3 is 2. The van der Waals surface area contributed by atoms with E-state index in [0.29, 0.717) is 6.61 Å². The highest BCUT2D eigenvalue weighted by atomic mass is 28.4. The van der Waals surface area contributed by atoms with Gasteiger partial charge in [-0.1, -0.05) is 20.8 Å². The SMILES string of the molecule is CO[C@@H]1[C@H](OC)[C@@H](CO[Si](C)(C)C(C)(C)C)O[C@H]1COC(C)=O. The summed E-state index contributed by atoms with van der Waals surface area (Å²) in [4.78, 5) is 11.0. The van der Waals surface area contributed by atoms with Crippen LogP contribution < -0.4 is 0 Å². The number of esters is 1. The van der Waals surface area contributed by atoms with Crippen molar-refractivity contribution in [2.24, 2.45) is 0 Å². The Hall–Kier alpha value is -0.473. The molecule has 1 heterocycles. The summed E-state index contributed by atoms with van der Waals surface area (Å²) in [6.07, 6.45) is -1.11. The Balaban J connectivity index is 2.72. The second-order valence-electron chi connectivity index (χ2n) is 7.49. The Morgan fingerprint density at radius 3 is 1.91 bits per heavy atom. The topological polar surface area (TPSA) is 63.2 Å². The van der Waals surface area contributed by atoms with Crippen LogP contribution in [0.2, 0.25) is 18.1 Å². The fourth-order valence-corrected chi connectivity index (χ4v) is 3.36. The molecule has 0 N–H and O–H groups in total. The summed E-state index contributed by atoms with van der Waals surface area (Å²) >= 11 is 0. The zero-order valence-corrected chi connectivity index (χ0v) is 16.7. The predicted octanol–water partition coefficient (Wildman–Crippen LogP) is 2.37. The van der Waals surface area contributed by atoms with E-state index < -0.39 is 8.32 Å². The van der Waals surface area contributed by atoms with Crippen molar-refractivity contribution in [1.82, 2.24) is 0 Å². The van der Waals surface area contributed by atoms with Gasteiger partial charge in [-0.15, -0.1) is 0 Å². The summed E-state index contributed by atoms with van der Waals surface area (Å²) in [5, 5.41) is 0.131. The number of rotatable bonds is 7. The monoisotopic (exact) mass is 348 g/mol. The molecule has 1 rings (SSSR count). The first-order valence-electron chi connectivity index (χ1n) is 8.02. The van der Waals surface area contributed by atoms with Crippen LogP contribution in [0.5, 0.6) is 0 Å². The van der Waals surface area contributed by atoms with Crippen LogP contribution >= 0.6 is 0 Å². The third-order valence-corrected chi connectivity index (χ3v) is 9.32. The molecule has 1 aliphatic heterocycles. The summed E-state index contributed by atoms with van der Waals surface area (Å²) in [6, 6.07) is 0. The lowest BCUT2D eigenvalue weighted by Crippen LogP contribution is -2.45. The first kappa shape index (κ1) is 20.6. The average molecular weight is 349 g/mol. The summed E-state index contributed by atoms with van der Waals surface area (Å²) < 4.78 is 28.4. The molecule has 23 heavy (non-hydrogen) atoms. The van der Waals surface area contributed by atoms with Gasteiger partial charge < -0.3 is 23.4 Å². The van der Waals surface area contributed by atoms with Crippen LogP contribution in [0.1, 0.15) is 27.7 Å². The van der Waals surface area contributed by atoms with Crippen molar-refractivity contribution in [3.63, 3.8) is 0 Å². The molecule has 0 aromatic heterocycles. The summed E-state index contributed by atoms with van der Waals surface area (Å²) in [5.41, 5.74) is 0. The van der Waals surface area contributed by atoms with Crippen LogP contribution in [0, 0.1) is 0 Å². The largest absolute Gasteiger partial charge is 0.463 e. The lowest BCUT2D eigenvalue weighted by atomic mass is 10.1. The number of carbonyl (C=O) groups excluding carboxylic acids is 1. The molecule has 0 aromatic rings. The minimum absolute atomic E-state index is 0.131. The van der Waals surface area contributed by atoms with Gasteiger partial charge in [-0.3, -0.25) is 4.79 Å². The van der Waals surface area contributed by atoms with Gasteiger partial charge in [0.05, 0.1) is 6.61 Å². The highest BCUT2D eigenvalue weighted by molar-refractivity contribution is 6.74. The molecule has 4 atom stereocenters. The van der Waals surface area contributed by atoms with Crippen LogP contribution in [0.3, 0.4) is 0 Å². The zero-order valence-electron chi connectivity index (χ0n) is 15.7. The van der Waals surface area contributed by atoms with E-state index in [1.165, 1.54) is 6.92 Å². The molecule has 1 aliphatic rings. The second kappa shape index (κ2) is 8.07. The van der Waals surface area contributed by atoms with Crippen molar-refractivity contribution in [2.75, 3.05) is 27.4 Å². The molecule has 1 fully saturated rings. The molecule has 0 amide bonds. The predicted molar refractivity (Wildman–Crippen MR) is 90.0 cm³/mol. The Morgan fingerprint density at radius 2 is 1.52 bits per heavy atom. The number of hydrogen-bond donors (Lipinski definition) is 0. The van der Waals surface area contributed by atoms with Crippen molar-refractivity contribution in [1.29, 1.82) is 0 Å². The molecule has 0 aromatic carbocycles. The summed E-state index contributed by atoms with van der Waals surface area (Å²) in [7, 11) is 1.37. The number of ether oxygens (including phenoxy) is 4. The Labute approximate surface area is 140 Å². The molecule has 0 saturated carbocycles. The van der Waals surface area contributed by atoms with Gasteiger partial charge >= 0.3 is 5.97 Å². The average Bonchev–Trinajstić information content (AvgIpc) is 2.78. The van der Waals surface area contributed by atoms with E-state index in [1.54, 1.807) is 14.2 Å². The maximum Gasteiger partial charge on any atom is 0.302 e. The van der Waals surface area contributed by atoms with Gasteiger partial charge in [0.2, 0.25) is 0 Å². The first-order valence-corrected chi connectivity index (χ1v) is 10.9. The molecule has 0 spiro atoms. The van der Waals surface area contributed by atoms with Crippen LogP contribution in [-0.4, -0.2) is 66.1 Å². The maximum absolute atomic E-state index is 11.0. The number of hydrogen-bond acceptors (Lipinski definition) is 6. The van der Waals surface area contributed by atoms with E-state index in [9.17, 15) is 4.79 Å². The first-order chi connectivity index (χ1) is 10.5. The Kier molecular flexibility index (Phi) is 7.22. The molecule has 136 valence electrons. The van der Waals surface area contributed by atoms with E-state index in [0.717, 1.165) is 0 Å². The van der Waals surface area contributed by atoms with Gasteiger partial charge in [-0.25, -0.2) is 0 Å². The molecule has 0 radical (unpaired) electrons. The van der Waals surface area contributed by atoms with Gasteiger partial charge in [0.1, 0.15) is 31.0 Å². The van der Waals surface area contributed by atoms with E-state index in [4.69, 9.17) is 23.4 Å². The van der Waals surface area contributed by atoms with E-state index in [-0.39, 0.29) is 42.0 Å². The minimum atomic E-state index is -1.87. The zero-order chi connectivity index (χ0) is 17.8. The fraction of sp³-hybridized carbons (Fsp3) is 0.938.